The second kappa shape index (κ2) is 5.46. The van der Waals surface area contributed by atoms with Crippen LogP contribution in [0.5, 0.6) is 0 Å². The van der Waals surface area contributed by atoms with Gasteiger partial charge in [-0.1, -0.05) is 52.7 Å². The van der Waals surface area contributed by atoms with E-state index in [2.05, 4.69) is 49.6 Å². The monoisotopic (exact) mass is 223 g/mol. The minimum atomic E-state index is 0.106. The zero-order chi connectivity index (χ0) is 12.2. The third-order valence-corrected chi connectivity index (χ3v) is 2.76. The number of hydrogen-bond donors (Lipinski definition) is 0. The molecule has 1 rings (SSSR count). The zero-order valence-electron chi connectivity index (χ0n) is 11.4. The molecule has 0 amide bonds. The van der Waals surface area contributed by atoms with Crippen molar-refractivity contribution in [2.24, 2.45) is 0 Å². The third kappa shape index (κ3) is 3.06. The van der Waals surface area contributed by atoms with Gasteiger partial charge in [0.05, 0.1) is 11.4 Å². The van der Waals surface area contributed by atoms with Crippen molar-refractivity contribution in [1.29, 1.82) is 0 Å². The van der Waals surface area contributed by atoms with Crippen LogP contribution in [0.3, 0.4) is 0 Å². The fourth-order valence-electron chi connectivity index (χ4n) is 1.89. The topological polar surface area (TPSA) is 30.7 Å². The van der Waals surface area contributed by atoms with E-state index < -0.39 is 0 Å². The highest BCUT2D eigenvalue weighted by molar-refractivity contribution is 5.19. The van der Waals surface area contributed by atoms with Gasteiger partial charge in [0.1, 0.15) is 0 Å². The molecule has 0 bridgehead atoms. The Morgan fingerprint density at radius 1 is 1.12 bits per heavy atom. The molecule has 0 spiro atoms. The first-order valence-corrected chi connectivity index (χ1v) is 6.43. The summed E-state index contributed by atoms with van der Waals surface area (Å²) in [6.45, 7) is 12.1. The van der Waals surface area contributed by atoms with Crippen LogP contribution < -0.4 is 0 Å². The average Bonchev–Trinajstić information content (AvgIpc) is 2.58. The Hall–Kier alpha value is -0.860. The molecule has 0 atom stereocenters. The van der Waals surface area contributed by atoms with Gasteiger partial charge in [-0.05, 0) is 12.8 Å². The van der Waals surface area contributed by atoms with Gasteiger partial charge in [-0.3, -0.25) is 0 Å². The molecule has 3 nitrogen and oxygen atoms in total. The first-order chi connectivity index (χ1) is 7.50. The number of unbranched alkanes of at least 4 members (excludes halogenated alkanes) is 1. The van der Waals surface area contributed by atoms with Crippen molar-refractivity contribution in [3.8, 4) is 0 Å². The lowest BCUT2D eigenvalue weighted by atomic mass is 9.89. The highest BCUT2D eigenvalue weighted by Gasteiger charge is 2.23. The second-order valence-electron chi connectivity index (χ2n) is 5.46. The number of rotatable bonds is 5. The van der Waals surface area contributed by atoms with Crippen molar-refractivity contribution in [2.45, 2.75) is 72.3 Å². The molecule has 0 aromatic carbocycles. The van der Waals surface area contributed by atoms with E-state index in [0.29, 0.717) is 0 Å². The van der Waals surface area contributed by atoms with Crippen LogP contribution in [-0.2, 0) is 18.4 Å². The molecule has 0 fully saturated rings. The van der Waals surface area contributed by atoms with E-state index in [-0.39, 0.29) is 5.41 Å². The van der Waals surface area contributed by atoms with E-state index in [9.17, 15) is 0 Å². The maximum Gasteiger partial charge on any atom is 0.0912 e. The number of aryl methyl sites for hydroxylation is 1. The lowest BCUT2D eigenvalue weighted by molar-refractivity contribution is 0.528. The summed E-state index contributed by atoms with van der Waals surface area (Å²) in [5.74, 6) is 0. The number of aromatic nitrogens is 3. The molecule has 0 aliphatic heterocycles. The van der Waals surface area contributed by atoms with Gasteiger partial charge < -0.3 is 0 Å². The molecular weight excluding hydrogens is 198 g/mol. The average molecular weight is 223 g/mol. The van der Waals surface area contributed by atoms with Gasteiger partial charge in [0.2, 0.25) is 0 Å². The van der Waals surface area contributed by atoms with E-state index in [1.54, 1.807) is 0 Å². The van der Waals surface area contributed by atoms with Crippen molar-refractivity contribution in [3.63, 3.8) is 0 Å². The van der Waals surface area contributed by atoms with Crippen LogP contribution in [0.25, 0.3) is 0 Å². The van der Waals surface area contributed by atoms with Crippen LogP contribution in [0.2, 0.25) is 0 Å². The summed E-state index contributed by atoms with van der Waals surface area (Å²) in [6.07, 6.45) is 4.63. The van der Waals surface area contributed by atoms with Crippen LogP contribution in [0.1, 0.15) is 65.3 Å². The van der Waals surface area contributed by atoms with Crippen molar-refractivity contribution < 1.29 is 0 Å². The van der Waals surface area contributed by atoms with Gasteiger partial charge in [0.25, 0.3) is 0 Å². The normalized spacial score (nSPS) is 12.1. The number of hydrogen-bond acceptors (Lipinski definition) is 2. The Labute approximate surface area is 99.2 Å². The Kier molecular flexibility index (Phi) is 4.51. The van der Waals surface area contributed by atoms with Gasteiger partial charge in [0.15, 0.2) is 0 Å². The smallest absolute Gasteiger partial charge is 0.0912 e. The van der Waals surface area contributed by atoms with E-state index in [4.69, 9.17) is 0 Å². The summed E-state index contributed by atoms with van der Waals surface area (Å²) in [4.78, 5) is 0. The SMILES string of the molecule is CCCCn1nnc(C(C)(C)C)c1CCC. The minimum absolute atomic E-state index is 0.106. The van der Waals surface area contributed by atoms with Crippen LogP contribution in [-0.4, -0.2) is 15.0 Å². The van der Waals surface area contributed by atoms with Crippen molar-refractivity contribution in [3.05, 3.63) is 11.4 Å². The largest absolute Gasteiger partial charge is 0.249 e. The molecule has 0 unspecified atom stereocenters. The molecule has 0 N–H and O–H groups in total. The van der Waals surface area contributed by atoms with E-state index in [1.165, 1.54) is 24.2 Å². The highest BCUT2D eigenvalue weighted by Crippen LogP contribution is 2.24. The summed E-state index contributed by atoms with van der Waals surface area (Å²) < 4.78 is 2.10. The first-order valence-electron chi connectivity index (χ1n) is 6.43. The predicted molar refractivity (Wildman–Crippen MR) is 67.6 cm³/mol. The second-order valence-corrected chi connectivity index (χ2v) is 5.46. The van der Waals surface area contributed by atoms with Crippen LogP contribution in [0.4, 0.5) is 0 Å². The Morgan fingerprint density at radius 3 is 2.31 bits per heavy atom. The summed E-state index contributed by atoms with van der Waals surface area (Å²) in [5, 5.41) is 8.68. The van der Waals surface area contributed by atoms with Gasteiger partial charge in [-0.2, -0.15) is 0 Å². The zero-order valence-corrected chi connectivity index (χ0v) is 11.4. The molecule has 0 aliphatic rings. The molecule has 0 radical (unpaired) electrons. The maximum atomic E-state index is 4.37. The van der Waals surface area contributed by atoms with E-state index in [1.807, 2.05) is 0 Å². The molecule has 92 valence electrons. The molecule has 1 aromatic heterocycles. The highest BCUT2D eigenvalue weighted by atomic mass is 15.4. The Balaban J connectivity index is 2.97. The van der Waals surface area contributed by atoms with Gasteiger partial charge in [-0.15, -0.1) is 5.10 Å². The standard InChI is InChI=1S/C13H25N3/c1-6-8-10-16-11(9-7-2)12(14-15-16)13(3,4)5/h6-10H2,1-5H3. The summed E-state index contributed by atoms with van der Waals surface area (Å²) in [6, 6.07) is 0. The summed E-state index contributed by atoms with van der Waals surface area (Å²) in [5.41, 5.74) is 2.61. The molecule has 0 saturated carbocycles. The summed E-state index contributed by atoms with van der Waals surface area (Å²) in [7, 11) is 0. The van der Waals surface area contributed by atoms with Gasteiger partial charge in [-0.25, -0.2) is 4.68 Å². The Morgan fingerprint density at radius 2 is 1.81 bits per heavy atom. The van der Waals surface area contributed by atoms with Crippen LogP contribution in [0, 0.1) is 0 Å². The van der Waals surface area contributed by atoms with Crippen molar-refractivity contribution >= 4 is 0 Å². The predicted octanol–water partition coefficient (Wildman–Crippen LogP) is 3.33. The minimum Gasteiger partial charge on any atom is -0.249 e. The molecule has 16 heavy (non-hydrogen) atoms. The fraction of sp³-hybridized carbons (Fsp3) is 0.846. The summed E-state index contributed by atoms with van der Waals surface area (Å²) >= 11 is 0. The molecule has 1 heterocycles. The van der Waals surface area contributed by atoms with Crippen molar-refractivity contribution in [2.75, 3.05) is 0 Å². The van der Waals surface area contributed by atoms with Gasteiger partial charge in [0, 0.05) is 12.0 Å². The number of nitrogens with zero attached hydrogens (tertiary/aromatic N) is 3. The Bertz CT molecular complexity index is 320. The molecular formula is C13H25N3. The molecule has 0 saturated heterocycles. The van der Waals surface area contributed by atoms with Crippen LogP contribution >= 0.6 is 0 Å². The quantitative estimate of drug-likeness (QED) is 0.766. The molecule has 1 aromatic rings. The molecule has 0 aliphatic carbocycles. The van der Waals surface area contributed by atoms with E-state index >= 15 is 0 Å². The lowest BCUT2D eigenvalue weighted by Crippen LogP contribution is -2.16. The van der Waals surface area contributed by atoms with Crippen molar-refractivity contribution in [1.82, 2.24) is 15.0 Å². The third-order valence-electron chi connectivity index (χ3n) is 2.76. The van der Waals surface area contributed by atoms with Gasteiger partial charge >= 0.3 is 0 Å². The lowest BCUT2D eigenvalue weighted by Gasteiger charge is -2.17. The van der Waals surface area contributed by atoms with E-state index in [0.717, 1.165) is 19.4 Å². The van der Waals surface area contributed by atoms with Crippen LogP contribution in [0.15, 0.2) is 0 Å². The fourth-order valence-corrected chi connectivity index (χ4v) is 1.89. The maximum absolute atomic E-state index is 4.37. The first kappa shape index (κ1) is 13.2. The molecule has 3 heteroatoms.